The molecule has 0 aromatic rings. The van der Waals surface area contributed by atoms with E-state index in [0.717, 1.165) is 38.5 Å². The summed E-state index contributed by atoms with van der Waals surface area (Å²) in [6.07, 6.45) is 64.6. The van der Waals surface area contributed by atoms with Crippen LogP contribution in [0.5, 0.6) is 0 Å². The van der Waals surface area contributed by atoms with Gasteiger partial charge < -0.3 is 89.9 Å². The summed E-state index contributed by atoms with van der Waals surface area (Å²) in [5, 5.41) is 121. The SMILES string of the molecule is CCCCCCCCCC/C=C\CCCCCCCCCCCCCCCCCCCCCCCCCC(=O)NC(COC1OC(CO)C(OC2OC(CO)C(OC3OC(CO)C(O)C(O)C3O)C(O)C2O)C(O)C1O)C(O)/C=C/CC/C=C/CCCCCCCCCCCCCCCCCCCCCCCCCC. The molecule has 0 bridgehead atoms. The van der Waals surface area contributed by atoms with Gasteiger partial charge >= 0.3 is 0 Å². The number of hydrogen-bond donors (Lipinski definition) is 12. The first-order valence-corrected chi connectivity index (χ1v) is 46.2. The number of nitrogens with one attached hydrogen (secondary N) is 1. The lowest BCUT2D eigenvalue weighted by Crippen LogP contribution is -2.66. The summed E-state index contributed by atoms with van der Waals surface area (Å²) in [5.41, 5.74) is 0. The molecular weight excluding hydrogens is 1390 g/mol. The number of hydrogen-bond acceptors (Lipinski definition) is 18. The number of allylic oxidation sites excluding steroid dienone is 5. The smallest absolute Gasteiger partial charge is 0.220 e. The van der Waals surface area contributed by atoms with Gasteiger partial charge in [-0.25, -0.2) is 0 Å². The summed E-state index contributed by atoms with van der Waals surface area (Å²) in [7, 11) is 0. The van der Waals surface area contributed by atoms with E-state index in [9.17, 15) is 61.0 Å². The molecule has 19 heteroatoms. The van der Waals surface area contributed by atoms with Gasteiger partial charge in [-0.05, 0) is 57.8 Å². The average molecular weight is 1570 g/mol. The molecule has 19 nitrogen and oxygen atoms in total. The van der Waals surface area contributed by atoms with E-state index in [1.807, 2.05) is 6.08 Å². The van der Waals surface area contributed by atoms with Gasteiger partial charge in [-0.2, -0.15) is 0 Å². The minimum atomic E-state index is -1.98. The molecule has 0 radical (unpaired) electrons. The Morgan fingerprint density at radius 3 is 0.909 bits per heavy atom. The molecule has 17 unspecified atom stereocenters. The molecule has 3 aliphatic heterocycles. The highest BCUT2D eigenvalue weighted by atomic mass is 16.8. The van der Waals surface area contributed by atoms with Crippen LogP contribution in [0.4, 0.5) is 0 Å². The van der Waals surface area contributed by atoms with Gasteiger partial charge in [0.25, 0.3) is 0 Å². The Kier molecular flexibility index (Phi) is 66.1. The maximum atomic E-state index is 13.5. The Hall–Kier alpha value is -1.99. The largest absolute Gasteiger partial charge is 0.394 e. The standard InChI is InChI=1S/C91H171NO18/c1-3-5-7-9-11-13-15-17-19-21-23-25-27-29-31-33-35-36-37-38-39-41-43-45-47-49-51-53-55-57-59-61-63-65-67-69-79(97)92-74(75(96)68-66-64-62-60-58-56-54-52-50-48-46-44-42-40-34-32-30-28-26-24-22-20-18-16-14-12-10-8-6-4-2)73-105-89-85(103)82(100)87(77(71-94)107-89)110-91-86(104)83(101)88(78(72-95)108-91)109-90-84(102)81(99)80(98)76(70-93)106-90/h21,23,58,60,66,68,74-78,80-91,93-96,98-104H,3-20,22,24-57,59,61-65,67,69-73H2,1-2H3,(H,92,97)/b23-21-,60-58+,68-66+. The Balaban J connectivity index is 1.32. The van der Waals surface area contributed by atoms with Gasteiger partial charge in [0.2, 0.25) is 5.91 Å². The minimum absolute atomic E-state index is 0.240. The van der Waals surface area contributed by atoms with Crippen LogP contribution < -0.4 is 5.32 Å². The van der Waals surface area contributed by atoms with Crippen LogP contribution in [0, 0.1) is 0 Å². The van der Waals surface area contributed by atoms with Crippen LogP contribution in [0.15, 0.2) is 36.5 Å². The normalized spacial score (nSPS) is 25.3. The molecule has 3 saturated heterocycles. The molecule has 110 heavy (non-hydrogen) atoms. The Morgan fingerprint density at radius 1 is 0.318 bits per heavy atom. The lowest BCUT2D eigenvalue weighted by atomic mass is 9.96. The van der Waals surface area contributed by atoms with Crippen molar-refractivity contribution in [2.45, 2.75) is 510 Å². The third kappa shape index (κ3) is 49.3. The summed E-state index contributed by atoms with van der Waals surface area (Å²) >= 11 is 0. The average Bonchev–Trinajstić information content (AvgIpc) is 0.795. The number of amides is 1. The van der Waals surface area contributed by atoms with Crippen LogP contribution in [0.25, 0.3) is 0 Å². The highest BCUT2D eigenvalue weighted by Crippen LogP contribution is 2.34. The van der Waals surface area contributed by atoms with Crippen molar-refractivity contribution in [3.63, 3.8) is 0 Å². The van der Waals surface area contributed by atoms with Crippen molar-refractivity contribution in [1.29, 1.82) is 0 Å². The lowest BCUT2D eigenvalue weighted by Gasteiger charge is -2.48. The van der Waals surface area contributed by atoms with E-state index in [1.165, 1.54) is 334 Å². The summed E-state index contributed by atoms with van der Waals surface area (Å²) in [5.74, 6) is -0.276. The van der Waals surface area contributed by atoms with Gasteiger partial charge in [-0.3, -0.25) is 4.79 Å². The molecule has 3 aliphatic rings. The van der Waals surface area contributed by atoms with E-state index in [2.05, 4.69) is 43.5 Å². The highest BCUT2D eigenvalue weighted by molar-refractivity contribution is 5.76. The predicted octanol–water partition coefficient (Wildman–Crippen LogP) is 17.8. The fraction of sp³-hybridized carbons (Fsp3) is 0.923. The molecule has 0 spiro atoms. The van der Waals surface area contributed by atoms with Crippen molar-refractivity contribution in [2.24, 2.45) is 0 Å². The fourth-order valence-corrected chi connectivity index (χ4v) is 15.8. The second-order valence-corrected chi connectivity index (χ2v) is 33.1. The van der Waals surface area contributed by atoms with Gasteiger partial charge in [0, 0.05) is 6.42 Å². The second kappa shape index (κ2) is 71.1. The van der Waals surface area contributed by atoms with Gasteiger partial charge in [0.1, 0.15) is 73.2 Å². The lowest BCUT2D eigenvalue weighted by molar-refractivity contribution is -0.379. The summed E-state index contributed by atoms with van der Waals surface area (Å²) < 4.78 is 34.5. The number of ether oxygens (including phenoxy) is 6. The zero-order chi connectivity index (χ0) is 79.5. The van der Waals surface area contributed by atoms with Crippen LogP contribution in [0.1, 0.15) is 406 Å². The molecule has 12 N–H and O–H groups in total. The van der Waals surface area contributed by atoms with Crippen molar-refractivity contribution < 1.29 is 89.4 Å². The van der Waals surface area contributed by atoms with E-state index in [-0.39, 0.29) is 18.9 Å². The van der Waals surface area contributed by atoms with Gasteiger partial charge in [0.05, 0.1) is 38.6 Å². The zero-order valence-electron chi connectivity index (χ0n) is 70.0. The Bertz CT molecular complexity index is 2120. The van der Waals surface area contributed by atoms with Crippen molar-refractivity contribution in [1.82, 2.24) is 5.32 Å². The molecular formula is C91H171NO18. The van der Waals surface area contributed by atoms with Crippen molar-refractivity contribution >= 4 is 5.91 Å². The van der Waals surface area contributed by atoms with E-state index in [0.29, 0.717) is 12.8 Å². The molecule has 3 fully saturated rings. The van der Waals surface area contributed by atoms with Gasteiger partial charge in [-0.1, -0.05) is 378 Å². The van der Waals surface area contributed by atoms with E-state index in [4.69, 9.17) is 28.4 Å². The quantitative estimate of drug-likeness (QED) is 0.0199. The van der Waals surface area contributed by atoms with Crippen molar-refractivity contribution in [3.8, 4) is 0 Å². The third-order valence-electron chi connectivity index (χ3n) is 23.2. The monoisotopic (exact) mass is 1570 g/mol. The number of carbonyl (C=O) groups is 1. The first-order chi connectivity index (χ1) is 53.8. The molecule has 648 valence electrons. The summed E-state index contributed by atoms with van der Waals surface area (Å²) in [6, 6.07) is -0.991. The molecule has 3 heterocycles. The number of aliphatic hydroxyl groups is 11. The zero-order valence-corrected chi connectivity index (χ0v) is 70.0. The molecule has 3 rings (SSSR count). The molecule has 17 atom stereocenters. The van der Waals surface area contributed by atoms with Crippen molar-refractivity contribution in [2.75, 3.05) is 26.4 Å². The van der Waals surface area contributed by atoms with Gasteiger partial charge in [0.15, 0.2) is 18.9 Å². The molecule has 0 aromatic carbocycles. The maximum absolute atomic E-state index is 13.5. The van der Waals surface area contributed by atoms with Crippen LogP contribution in [-0.4, -0.2) is 193 Å². The summed E-state index contributed by atoms with van der Waals surface area (Å²) in [4.78, 5) is 13.5. The van der Waals surface area contributed by atoms with Crippen LogP contribution in [0.3, 0.4) is 0 Å². The first kappa shape index (κ1) is 102. The maximum Gasteiger partial charge on any atom is 0.220 e. The predicted molar refractivity (Wildman–Crippen MR) is 443 cm³/mol. The molecule has 0 saturated carbocycles. The van der Waals surface area contributed by atoms with Gasteiger partial charge in [-0.15, -0.1) is 0 Å². The van der Waals surface area contributed by atoms with E-state index >= 15 is 0 Å². The van der Waals surface area contributed by atoms with E-state index < -0.39 is 124 Å². The number of aliphatic hydroxyl groups excluding tert-OH is 11. The molecule has 0 aliphatic carbocycles. The Labute approximate surface area is 670 Å². The molecule has 0 aromatic heterocycles. The number of unbranched alkanes of at least 4 members (excludes halogenated alkanes) is 56. The fourth-order valence-electron chi connectivity index (χ4n) is 15.8. The topological polar surface area (TPSA) is 307 Å². The Morgan fingerprint density at radius 2 is 0.582 bits per heavy atom. The van der Waals surface area contributed by atoms with Crippen LogP contribution >= 0.6 is 0 Å². The third-order valence-corrected chi connectivity index (χ3v) is 23.2. The highest BCUT2D eigenvalue weighted by Gasteiger charge is 2.54. The van der Waals surface area contributed by atoms with Crippen LogP contribution in [-0.2, 0) is 33.2 Å². The molecule has 1 amide bonds. The van der Waals surface area contributed by atoms with Crippen molar-refractivity contribution in [3.05, 3.63) is 36.5 Å². The second-order valence-electron chi connectivity index (χ2n) is 33.1. The van der Waals surface area contributed by atoms with E-state index in [1.54, 1.807) is 6.08 Å². The van der Waals surface area contributed by atoms with Crippen LogP contribution in [0.2, 0.25) is 0 Å². The number of carbonyl (C=O) groups excluding carboxylic acids is 1. The number of rotatable bonds is 76. The minimum Gasteiger partial charge on any atom is -0.394 e. The first-order valence-electron chi connectivity index (χ1n) is 46.2. The summed E-state index contributed by atoms with van der Waals surface area (Å²) in [6.45, 7) is 1.79.